The highest BCUT2D eigenvalue weighted by Gasteiger charge is 2.26. The van der Waals surface area contributed by atoms with Crippen molar-refractivity contribution in [3.05, 3.63) is 29.8 Å². The lowest BCUT2D eigenvalue weighted by Gasteiger charge is -2.11. The van der Waals surface area contributed by atoms with Crippen molar-refractivity contribution in [3.8, 4) is 17.6 Å². The van der Waals surface area contributed by atoms with Crippen LogP contribution in [0.5, 0.6) is 11.5 Å². The van der Waals surface area contributed by atoms with Crippen molar-refractivity contribution >= 4 is 24.0 Å². The molecule has 3 amide bonds. The van der Waals surface area contributed by atoms with Gasteiger partial charge in [-0.3, -0.25) is 9.69 Å². The van der Waals surface area contributed by atoms with E-state index in [1.54, 1.807) is 18.2 Å². The molecule has 0 unspecified atom stereocenters. The highest BCUT2D eigenvalue weighted by molar-refractivity contribution is 5.97. The lowest BCUT2D eigenvalue weighted by atomic mass is 10.2. The third-order valence-corrected chi connectivity index (χ3v) is 3.39. The number of ether oxygens (including phenoxy) is 3. The normalized spacial score (nSPS) is 13.2. The van der Waals surface area contributed by atoms with Gasteiger partial charge < -0.3 is 19.5 Å². The Labute approximate surface area is 149 Å². The number of nitrogens with zero attached hydrogens (tertiary/aromatic N) is 2. The summed E-state index contributed by atoms with van der Waals surface area (Å²) in [6.45, 7) is 0.0151. The van der Waals surface area contributed by atoms with Crippen LogP contribution in [0.1, 0.15) is 5.56 Å². The number of benzene rings is 1. The van der Waals surface area contributed by atoms with Gasteiger partial charge >= 0.3 is 12.0 Å². The number of urea groups is 1. The second-order valence-electron chi connectivity index (χ2n) is 5.08. The molecule has 1 aromatic carbocycles. The Balaban J connectivity index is 1.90. The largest absolute Gasteiger partial charge is 0.493 e. The lowest BCUT2D eigenvalue weighted by molar-refractivity contribution is -0.146. The minimum atomic E-state index is -0.721. The molecule has 1 fully saturated rings. The van der Waals surface area contributed by atoms with E-state index in [-0.39, 0.29) is 13.2 Å². The molecule has 9 heteroatoms. The van der Waals surface area contributed by atoms with Gasteiger partial charge in [0.05, 0.1) is 7.11 Å². The number of amides is 3. The van der Waals surface area contributed by atoms with Crippen molar-refractivity contribution in [1.29, 1.82) is 5.26 Å². The Morgan fingerprint density at radius 3 is 2.85 bits per heavy atom. The summed E-state index contributed by atoms with van der Waals surface area (Å²) in [6, 6.07) is 6.26. The summed E-state index contributed by atoms with van der Waals surface area (Å²) in [5.74, 6) is -0.488. The fourth-order valence-electron chi connectivity index (χ4n) is 2.15. The third kappa shape index (κ3) is 4.98. The van der Waals surface area contributed by atoms with Crippen molar-refractivity contribution in [3.63, 3.8) is 0 Å². The third-order valence-electron chi connectivity index (χ3n) is 3.39. The summed E-state index contributed by atoms with van der Waals surface area (Å²) in [6.07, 6.45) is 2.63. The van der Waals surface area contributed by atoms with E-state index < -0.39 is 24.5 Å². The highest BCUT2D eigenvalue weighted by Crippen LogP contribution is 2.28. The van der Waals surface area contributed by atoms with Gasteiger partial charge in [0, 0.05) is 19.2 Å². The van der Waals surface area contributed by atoms with Crippen molar-refractivity contribution in [2.45, 2.75) is 0 Å². The number of carbonyl (C=O) groups is 3. The summed E-state index contributed by atoms with van der Waals surface area (Å²) in [7, 11) is 1.45. The van der Waals surface area contributed by atoms with Gasteiger partial charge in [-0.25, -0.2) is 9.59 Å². The molecule has 1 saturated heterocycles. The second-order valence-corrected chi connectivity index (χ2v) is 5.08. The fourth-order valence-corrected chi connectivity index (χ4v) is 2.15. The molecule has 0 bridgehead atoms. The fraction of sp³-hybridized carbons (Fsp3) is 0.294. The molecule has 136 valence electrons. The Morgan fingerprint density at radius 2 is 2.19 bits per heavy atom. The molecule has 0 aliphatic carbocycles. The number of nitriles is 1. The predicted octanol–water partition coefficient (Wildman–Crippen LogP) is 0.706. The van der Waals surface area contributed by atoms with Gasteiger partial charge in [-0.15, -0.1) is 0 Å². The van der Waals surface area contributed by atoms with Crippen LogP contribution in [0, 0.1) is 11.3 Å². The number of nitrogens with one attached hydrogen (secondary N) is 1. The van der Waals surface area contributed by atoms with Crippen LogP contribution in [-0.4, -0.2) is 56.2 Å². The van der Waals surface area contributed by atoms with Gasteiger partial charge in [-0.1, -0.05) is 6.07 Å². The van der Waals surface area contributed by atoms with Crippen LogP contribution in [0.25, 0.3) is 6.08 Å². The molecule has 0 saturated carbocycles. The first kappa shape index (κ1) is 18.8. The summed E-state index contributed by atoms with van der Waals surface area (Å²) in [5.41, 5.74) is 0.633. The molecule has 0 radical (unpaired) electrons. The zero-order valence-corrected chi connectivity index (χ0v) is 14.1. The Kier molecular flexibility index (Phi) is 6.56. The summed E-state index contributed by atoms with van der Waals surface area (Å²) in [4.78, 5) is 35.8. The van der Waals surface area contributed by atoms with E-state index in [4.69, 9.17) is 19.5 Å². The molecule has 1 N–H and O–H groups in total. The SMILES string of the molecule is COc1cc(/C=C/C(=O)OCC(=O)N2CCNC2=O)ccc1OCC#N. The molecule has 2 rings (SSSR count). The molecule has 1 aliphatic heterocycles. The van der Waals surface area contributed by atoms with Crippen LogP contribution < -0.4 is 14.8 Å². The zero-order valence-electron chi connectivity index (χ0n) is 14.1. The molecule has 0 spiro atoms. The van der Waals surface area contributed by atoms with Gasteiger partial charge in [0.15, 0.2) is 24.7 Å². The molecular formula is C17H17N3O6. The zero-order chi connectivity index (χ0) is 18.9. The van der Waals surface area contributed by atoms with Crippen LogP contribution in [0.4, 0.5) is 4.79 Å². The first-order valence-corrected chi connectivity index (χ1v) is 7.66. The molecular weight excluding hydrogens is 342 g/mol. The van der Waals surface area contributed by atoms with E-state index >= 15 is 0 Å². The van der Waals surface area contributed by atoms with E-state index in [0.29, 0.717) is 23.6 Å². The van der Waals surface area contributed by atoms with Crippen LogP contribution in [0.15, 0.2) is 24.3 Å². The maximum atomic E-state index is 11.8. The maximum Gasteiger partial charge on any atom is 0.331 e. The second kappa shape index (κ2) is 9.08. The minimum absolute atomic E-state index is 0.110. The summed E-state index contributed by atoms with van der Waals surface area (Å²) in [5, 5.41) is 11.0. The number of hydrogen-bond acceptors (Lipinski definition) is 7. The van der Waals surface area contributed by atoms with Gasteiger partial charge in [-0.05, 0) is 23.8 Å². The standard InChI is InChI=1S/C17H17N3O6/c1-24-14-10-12(2-4-13(14)25-9-6-18)3-5-16(22)26-11-15(21)20-8-7-19-17(20)23/h2-5,10H,7-9,11H2,1H3,(H,19,23)/b5-3+. The number of rotatable bonds is 7. The number of carbonyl (C=O) groups excluding carboxylic acids is 3. The lowest BCUT2D eigenvalue weighted by Crippen LogP contribution is -2.37. The van der Waals surface area contributed by atoms with Crippen LogP contribution >= 0.6 is 0 Å². The van der Waals surface area contributed by atoms with Gasteiger partial charge in [0.25, 0.3) is 5.91 Å². The number of hydrogen-bond donors (Lipinski definition) is 1. The molecule has 1 heterocycles. The van der Waals surface area contributed by atoms with Gasteiger partial charge in [0.1, 0.15) is 6.07 Å². The molecule has 0 aromatic heterocycles. The molecule has 1 aliphatic rings. The monoisotopic (exact) mass is 359 g/mol. The van der Waals surface area contributed by atoms with Gasteiger partial charge in [0.2, 0.25) is 0 Å². The Morgan fingerprint density at radius 1 is 1.38 bits per heavy atom. The predicted molar refractivity (Wildman–Crippen MR) is 89.2 cm³/mol. The Bertz CT molecular complexity index is 768. The number of methoxy groups -OCH3 is 1. The quantitative estimate of drug-likeness (QED) is 0.562. The first-order chi connectivity index (χ1) is 12.5. The van der Waals surface area contributed by atoms with Crippen molar-refractivity contribution < 1.29 is 28.6 Å². The topological polar surface area (TPSA) is 118 Å². The Hall–Kier alpha value is -3.54. The van der Waals surface area contributed by atoms with Crippen molar-refractivity contribution in [1.82, 2.24) is 10.2 Å². The van der Waals surface area contributed by atoms with Gasteiger partial charge in [-0.2, -0.15) is 5.26 Å². The van der Waals surface area contributed by atoms with Crippen molar-refractivity contribution in [2.24, 2.45) is 0 Å². The van der Waals surface area contributed by atoms with Crippen LogP contribution in [0.2, 0.25) is 0 Å². The van der Waals surface area contributed by atoms with E-state index in [2.05, 4.69) is 5.32 Å². The molecule has 26 heavy (non-hydrogen) atoms. The minimum Gasteiger partial charge on any atom is -0.493 e. The van der Waals surface area contributed by atoms with E-state index in [1.807, 2.05) is 6.07 Å². The first-order valence-electron chi connectivity index (χ1n) is 7.66. The van der Waals surface area contributed by atoms with E-state index in [9.17, 15) is 14.4 Å². The highest BCUT2D eigenvalue weighted by atomic mass is 16.5. The molecule has 1 aromatic rings. The van der Waals surface area contributed by atoms with Crippen molar-refractivity contribution in [2.75, 3.05) is 33.4 Å². The van der Waals surface area contributed by atoms with Crippen LogP contribution in [-0.2, 0) is 14.3 Å². The van der Waals surface area contributed by atoms with E-state index in [1.165, 1.54) is 13.2 Å². The molecule has 9 nitrogen and oxygen atoms in total. The van der Waals surface area contributed by atoms with Crippen LogP contribution in [0.3, 0.4) is 0 Å². The number of imide groups is 1. The average molecular weight is 359 g/mol. The average Bonchev–Trinajstić information content (AvgIpc) is 3.08. The number of esters is 1. The molecule has 0 atom stereocenters. The van der Waals surface area contributed by atoms with E-state index in [0.717, 1.165) is 11.0 Å². The maximum absolute atomic E-state index is 11.8. The summed E-state index contributed by atoms with van der Waals surface area (Å²) < 4.78 is 15.2. The smallest absolute Gasteiger partial charge is 0.331 e. The summed E-state index contributed by atoms with van der Waals surface area (Å²) >= 11 is 0.